The third-order valence-corrected chi connectivity index (χ3v) is 5.45. The van der Waals surface area contributed by atoms with Crippen molar-refractivity contribution < 1.29 is 13.2 Å². The van der Waals surface area contributed by atoms with E-state index in [1.54, 1.807) is 24.3 Å². The van der Waals surface area contributed by atoms with Gasteiger partial charge in [-0.3, -0.25) is 4.79 Å². The number of hydrogen-bond donors (Lipinski definition) is 1. The summed E-state index contributed by atoms with van der Waals surface area (Å²) in [6, 6.07) is 6.70. The minimum absolute atomic E-state index is 0.0438. The van der Waals surface area contributed by atoms with Crippen LogP contribution in [0, 0.1) is 18.8 Å². The van der Waals surface area contributed by atoms with Gasteiger partial charge in [0, 0.05) is 13.1 Å². The number of nitrogens with zero attached hydrogens (tertiary/aromatic N) is 1. The number of carbonyl (C=O) groups is 1. The van der Waals surface area contributed by atoms with Crippen LogP contribution >= 0.6 is 0 Å². The van der Waals surface area contributed by atoms with Crippen molar-refractivity contribution in [3.63, 3.8) is 0 Å². The average Bonchev–Trinajstić information content (AvgIpc) is 2.72. The molecule has 2 N–H and O–H groups in total. The lowest BCUT2D eigenvalue weighted by Crippen LogP contribution is -2.32. The second-order valence-corrected chi connectivity index (χ2v) is 7.06. The van der Waals surface area contributed by atoms with Crippen LogP contribution in [0.25, 0.3) is 0 Å². The van der Waals surface area contributed by atoms with Crippen LogP contribution in [-0.4, -0.2) is 31.7 Å². The lowest BCUT2D eigenvalue weighted by atomic mass is 9.98. The van der Waals surface area contributed by atoms with Crippen molar-refractivity contribution in [1.82, 2.24) is 4.31 Å². The summed E-state index contributed by atoms with van der Waals surface area (Å²) in [6.45, 7) is 4.26. The number of rotatable bonds is 3. The maximum atomic E-state index is 12.4. The van der Waals surface area contributed by atoms with Crippen molar-refractivity contribution in [3.05, 3.63) is 29.8 Å². The number of primary amides is 1. The van der Waals surface area contributed by atoms with Gasteiger partial charge in [-0.25, -0.2) is 8.42 Å². The fraction of sp³-hybridized carbons (Fsp3) is 0.462. The number of amides is 1. The molecule has 1 aliphatic heterocycles. The largest absolute Gasteiger partial charge is 0.369 e. The van der Waals surface area contributed by atoms with Gasteiger partial charge in [-0.05, 0) is 25.0 Å². The van der Waals surface area contributed by atoms with E-state index in [2.05, 4.69) is 0 Å². The number of hydrogen-bond acceptors (Lipinski definition) is 3. The maximum absolute atomic E-state index is 12.4. The second-order valence-electron chi connectivity index (χ2n) is 5.12. The molecule has 1 amide bonds. The molecule has 1 saturated heterocycles. The quantitative estimate of drug-likeness (QED) is 0.887. The van der Waals surface area contributed by atoms with Gasteiger partial charge in [0.1, 0.15) is 0 Å². The molecule has 1 heterocycles. The van der Waals surface area contributed by atoms with Crippen LogP contribution in [0.1, 0.15) is 12.5 Å². The fourth-order valence-corrected chi connectivity index (χ4v) is 3.91. The Hall–Kier alpha value is -1.40. The molecule has 0 aliphatic carbocycles. The highest BCUT2D eigenvalue weighted by molar-refractivity contribution is 7.89. The Balaban J connectivity index is 2.27. The molecule has 2 atom stereocenters. The Kier molecular flexibility index (Phi) is 3.64. The van der Waals surface area contributed by atoms with Gasteiger partial charge in [-0.1, -0.05) is 24.6 Å². The van der Waals surface area contributed by atoms with Crippen molar-refractivity contribution in [1.29, 1.82) is 0 Å². The topological polar surface area (TPSA) is 80.5 Å². The molecule has 5 nitrogen and oxygen atoms in total. The second kappa shape index (κ2) is 4.94. The van der Waals surface area contributed by atoms with Gasteiger partial charge in [0.25, 0.3) is 0 Å². The zero-order chi connectivity index (χ0) is 14.2. The Labute approximate surface area is 113 Å². The smallest absolute Gasteiger partial charge is 0.243 e. The molecule has 104 valence electrons. The van der Waals surface area contributed by atoms with Gasteiger partial charge in [0.05, 0.1) is 10.8 Å². The number of aryl methyl sites for hydroxylation is 1. The number of benzene rings is 1. The van der Waals surface area contributed by atoms with E-state index in [9.17, 15) is 13.2 Å². The Morgan fingerprint density at radius 3 is 2.32 bits per heavy atom. The van der Waals surface area contributed by atoms with Crippen molar-refractivity contribution in [2.24, 2.45) is 17.6 Å². The van der Waals surface area contributed by atoms with Crippen LogP contribution in [0.15, 0.2) is 29.2 Å². The predicted molar refractivity (Wildman–Crippen MR) is 71.8 cm³/mol. The average molecular weight is 282 g/mol. The van der Waals surface area contributed by atoms with E-state index in [1.165, 1.54) is 4.31 Å². The molecule has 6 heteroatoms. The van der Waals surface area contributed by atoms with Gasteiger partial charge < -0.3 is 5.73 Å². The highest BCUT2D eigenvalue weighted by atomic mass is 32.2. The minimum atomic E-state index is -3.53. The van der Waals surface area contributed by atoms with Crippen LogP contribution in [-0.2, 0) is 14.8 Å². The van der Waals surface area contributed by atoms with Gasteiger partial charge in [-0.15, -0.1) is 0 Å². The van der Waals surface area contributed by atoms with Gasteiger partial charge in [-0.2, -0.15) is 4.31 Å². The number of nitrogens with two attached hydrogens (primary N) is 1. The fourth-order valence-electron chi connectivity index (χ4n) is 2.35. The van der Waals surface area contributed by atoms with E-state index >= 15 is 0 Å². The van der Waals surface area contributed by atoms with E-state index in [4.69, 9.17) is 5.73 Å². The molecule has 19 heavy (non-hydrogen) atoms. The van der Waals surface area contributed by atoms with Crippen molar-refractivity contribution in [2.75, 3.05) is 13.1 Å². The van der Waals surface area contributed by atoms with E-state index in [-0.39, 0.29) is 17.4 Å². The van der Waals surface area contributed by atoms with Crippen LogP contribution in [0.5, 0.6) is 0 Å². The van der Waals surface area contributed by atoms with Gasteiger partial charge in [0.2, 0.25) is 15.9 Å². The third-order valence-electron chi connectivity index (χ3n) is 3.60. The first-order chi connectivity index (χ1) is 8.82. The Bertz CT molecular complexity index is 580. The zero-order valence-electron chi connectivity index (χ0n) is 11.0. The summed E-state index contributed by atoms with van der Waals surface area (Å²) in [7, 11) is -3.53. The molecule has 1 aliphatic rings. The summed E-state index contributed by atoms with van der Waals surface area (Å²) in [5.41, 5.74) is 6.30. The summed E-state index contributed by atoms with van der Waals surface area (Å²) in [5, 5.41) is 0. The van der Waals surface area contributed by atoms with Crippen LogP contribution in [0.2, 0.25) is 0 Å². The summed E-state index contributed by atoms with van der Waals surface area (Å²) in [5.74, 6) is -0.882. The molecule has 0 spiro atoms. The van der Waals surface area contributed by atoms with Crippen molar-refractivity contribution >= 4 is 15.9 Å². The van der Waals surface area contributed by atoms with Crippen LogP contribution in [0.3, 0.4) is 0 Å². The van der Waals surface area contributed by atoms with E-state index in [0.29, 0.717) is 6.54 Å². The summed E-state index contributed by atoms with van der Waals surface area (Å²) in [4.78, 5) is 11.5. The van der Waals surface area contributed by atoms with Crippen molar-refractivity contribution in [2.45, 2.75) is 18.7 Å². The zero-order valence-corrected chi connectivity index (χ0v) is 11.9. The summed E-state index contributed by atoms with van der Waals surface area (Å²) >= 11 is 0. The molecule has 1 aromatic rings. The molecule has 0 aromatic heterocycles. The molecular weight excluding hydrogens is 264 g/mol. The normalized spacial score (nSPS) is 24.5. The Morgan fingerprint density at radius 2 is 1.84 bits per heavy atom. The molecular formula is C13H18N2O3S. The lowest BCUT2D eigenvalue weighted by Gasteiger charge is -2.16. The Morgan fingerprint density at radius 1 is 1.26 bits per heavy atom. The number of carbonyl (C=O) groups excluding carboxylic acids is 1. The summed E-state index contributed by atoms with van der Waals surface area (Å²) < 4.78 is 26.2. The minimum Gasteiger partial charge on any atom is -0.369 e. The molecule has 2 rings (SSSR count). The summed E-state index contributed by atoms with van der Waals surface area (Å²) in [6.07, 6.45) is 0. The third kappa shape index (κ3) is 2.64. The molecule has 0 bridgehead atoms. The maximum Gasteiger partial charge on any atom is 0.243 e. The number of sulfonamides is 1. The predicted octanol–water partition coefficient (Wildman–Crippen LogP) is 0.737. The molecule has 0 saturated carbocycles. The van der Waals surface area contributed by atoms with Crippen LogP contribution < -0.4 is 5.73 Å². The first kappa shape index (κ1) is 14.0. The molecule has 1 aromatic carbocycles. The molecule has 0 unspecified atom stereocenters. The van der Waals surface area contributed by atoms with E-state index in [1.807, 2.05) is 13.8 Å². The lowest BCUT2D eigenvalue weighted by molar-refractivity contribution is -0.122. The highest BCUT2D eigenvalue weighted by Crippen LogP contribution is 2.28. The molecule has 0 radical (unpaired) electrons. The highest BCUT2D eigenvalue weighted by Gasteiger charge is 2.39. The first-order valence-corrected chi connectivity index (χ1v) is 7.62. The monoisotopic (exact) mass is 282 g/mol. The van der Waals surface area contributed by atoms with Crippen molar-refractivity contribution in [3.8, 4) is 0 Å². The van der Waals surface area contributed by atoms with Gasteiger partial charge in [0.15, 0.2) is 0 Å². The van der Waals surface area contributed by atoms with Crippen LogP contribution in [0.4, 0.5) is 0 Å². The standard InChI is InChI=1S/C13H18N2O3S/c1-9-3-5-11(6-4-9)19(17,18)15-7-10(2)12(8-15)13(14)16/h3-6,10,12H,7-8H2,1-2H3,(H2,14,16)/t10-,12-/m0/s1. The molecule has 1 fully saturated rings. The van der Waals surface area contributed by atoms with E-state index in [0.717, 1.165) is 5.56 Å². The van der Waals surface area contributed by atoms with E-state index < -0.39 is 21.8 Å². The SMILES string of the molecule is Cc1ccc(S(=O)(=O)N2C[C@H](C(N)=O)[C@@H](C)C2)cc1. The van der Waals surface area contributed by atoms with Gasteiger partial charge >= 0.3 is 0 Å². The first-order valence-electron chi connectivity index (χ1n) is 6.18.